The summed E-state index contributed by atoms with van der Waals surface area (Å²) in [5.41, 5.74) is 0.930. The predicted molar refractivity (Wildman–Crippen MR) is 110 cm³/mol. The van der Waals surface area contributed by atoms with Crippen LogP contribution in [0.2, 0.25) is 0 Å². The minimum absolute atomic E-state index is 0.0778. The molecule has 4 rings (SSSR count). The molecule has 0 aliphatic heterocycles. The van der Waals surface area contributed by atoms with Crippen LogP contribution in [0.5, 0.6) is 0 Å². The molecule has 0 aliphatic rings. The van der Waals surface area contributed by atoms with Crippen LogP contribution in [-0.4, -0.2) is 38.3 Å². The van der Waals surface area contributed by atoms with Gasteiger partial charge in [-0.1, -0.05) is 42.1 Å². The first-order valence-corrected chi connectivity index (χ1v) is 9.70. The molecule has 0 atom stereocenters. The molecule has 4 aromatic rings. The minimum atomic E-state index is -0.467. The number of aromatic amines is 1. The minimum Gasteiger partial charge on any atom is -0.315 e. The second kappa shape index (κ2) is 7.88. The van der Waals surface area contributed by atoms with Gasteiger partial charge in [-0.15, -0.1) is 0 Å². The third kappa shape index (κ3) is 3.90. The lowest BCUT2D eigenvalue weighted by atomic mass is 10.2. The Hall–Kier alpha value is -3.46. The number of fused-ring (bicyclic) bond motifs is 1. The van der Waals surface area contributed by atoms with Crippen LogP contribution in [0.3, 0.4) is 0 Å². The van der Waals surface area contributed by atoms with Gasteiger partial charge in [0.2, 0.25) is 5.91 Å². The number of para-hydroxylation sites is 1. The summed E-state index contributed by atoms with van der Waals surface area (Å²) in [5, 5.41) is 2.94. The first-order valence-electron chi connectivity index (χ1n) is 8.72. The summed E-state index contributed by atoms with van der Waals surface area (Å²) < 4.78 is 15.6. The van der Waals surface area contributed by atoms with Crippen molar-refractivity contribution in [3.63, 3.8) is 0 Å². The quantitative estimate of drug-likeness (QED) is 0.513. The van der Waals surface area contributed by atoms with Gasteiger partial charge in [-0.2, -0.15) is 0 Å². The third-order valence-corrected chi connectivity index (χ3v) is 5.21. The van der Waals surface area contributed by atoms with E-state index in [0.29, 0.717) is 10.8 Å². The highest BCUT2D eigenvalue weighted by Crippen LogP contribution is 2.24. The van der Waals surface area contributed by atoms with Crippen molar-refractivity contribution >= 4 is 29.0 Å². The van der Waals surface area contributed by atoms with E-state index in [2.05, 4.69) is 15.1 Å². The molecule has 0 aliphatic carbocycles. The molecule has 2 aromatic heterocycles. The number of nitrogens with zero attached hydrogens (tertiary/aromatic N) is 4. The van der Waals surface area contributed by atoms with Gasteiger partial charge in [0.25, 0.3) is 5.56 Å². The van der Waals surface area contributed by atoms with Crippen LogP contribution in [0, 0.1) is 5.82 Å². The van der Waals surface area contributed by atoms with E-state index in [4.69, 9.17) is 0 Å². The lowest BCUT2D eigenvalue weighted by Crippen LogP contribution is -2.28. The molecule has 0 bridgehead atoms. The number of H-pyrrole nitrogens is 1. The van der Waals surface area contributed by atoms with Crippen LogP contribution in [0.4, 0.5) is 10.1 Å². The number of aromatic nitrogens is 4. The van der Waals surface area contributed by atoms with Crippen molar-refractivity contribution in [2.24, 2.45) is 0 Å². The van der Waals surface area contributed by atoms with E-state index < -0.39 is 5.82 Å². The Bertz CT molecular complexity index is 1240. The number of anilines is 1. The van der Waals surface area contributed by atoms with Gasteiger partial charge in [0.05, 0.1) is 11.3 Å². The Labute approximate surface area is 169 Å². The summed E-state index contributed by atoms with van der Waals surface area (Å²) in [4.78, 5) is 34.6. The van der Waals surface area contributed by atoms with E-state index in [-0.39, 0.29) is 28.6 Å². The SMILES string of the molecule is CN(C(=O)CSc1nc(-c2ccccc2F)nc2cc(=O)[nH]n12)c1ccccc1. The Morgan fingerprint density at radius 2 is 1.86 bits per heavy atom. The summed E-state index contributed by atoms with van der Waals surface area (Å²) in [6, 6.07) is 16.7. The average Bonchev–Trinajstić information content (AvgIpc) is 3.12. The van der Waals surface area contributed by atoms with E-state index in [1.54, 1.807) is 30.1 Å². The van der Waals surface area contributed by atoms with Gasteiger partial charge >= 0.3 is 0 Å². The first-order chi connectivity index (χ1) is 14.0. The van der Waals surface area contributed by atoms with Crippen LogP contribution >= 0.6 is 11.8 Å². The second-order valence-electron chi connectivity index (χ2n) is 6.20. The van der Waals surface area contributed by atoms with E-state index in [9.17, 15) is 14.0 Å². The maximum Gasteiger partial charge on any atom is 0.266 e. The zero-order valence-corrected chi connectivity index (χ0v) is 16.2. The molecule has 0 saturated heterocycles. The maximum absolute atomic E-state index is 14.2. The largest absolute Gasteiger partial charge is 0.315 e. The molecule has 0 unspecified atom stereocenters. The number of benzene rings is 2. The van der Waals surface area contributed by atoms with Gasteiger partial charge in [0.1, 0.15) is 5.82 Å². The van der Waals surface area contributed by atoms with Crippen LogP contribution in [-0.2, 0) is 4.79 Å². The first kappa shape index (κ1) is 18.9. The normalized spacial score (nSPS) is 11.0. The van der Waals surface area contributed by atoms with E-state index in [0.717, 1.165) is 17.4 Å². The van der Waals surface area contributed by atoms with Gasteiger partial charge < -0.3 is 4.90 Å². The molecule has 1 N–H and O–H groups in total. The van der Waals surface area contributed by atoms with E-state index in [1.807, 2.05) is 30.3 Å². The summed E-state index contributed by atoms with van der Waals surface area (Å²) in [6.45, 7) is 0. The number of thioether (sulfide) groups is 1. The smallest absolute Gasteiger partial charge is 0.266 e. The Balaban J connectivity index is 1.65. The third-order valence-electron chi connectivity index (χ3n) is 4.28. The van der Waals surface area contributed by atoms with Crippen LogP contribution in [0.25, 0.3) is 17.0 Å². The Morgan fingerprint density at radius 1 is 1.14 bits per heavy atom. The molecule has 0 spiro atoms. The zero-order chi connectivity index (χ0) is 20.4. The fourth-order valence-corrected chi connectivity index (χ4v) is 3.63. The van der Waals surface area contributed by atoms with E-state index >= 15 is 0 Å². The molecule has 0 fully saturated rings. The lowest BCUT2D eigenvalue weighted by molar-refractivity contribution is -0.115. The highest BCUT2D eigenvalue weighted by atomic mass is 32.2. The van der Waals surface area contributed by atoms with Crippen molar-refractivity contribution in [1.29, 1.82) is 0 Å². The van der Waals surface area contributed by atoms with Crippen molar-refractivity contribution in [2.45, 2.75) is 5.16 Å². The number of hydrogen-bond donors (Lipinski definition) is 1. The lowest BCUT2D eigenvalue weighted by Gasteiger charge is -2.17. The van der Waals surface area contributed by atoms with Crippen LogP contribution < -0.4 is 10.5 Å². The van der Waals surface area contributed by atoms with Gasteiger partial charge in [-0.25, -0.2) is 18.9 Å². The molecule has 2 aromatic carbocycles. The number of rotatable bonds is 5. The van der Waals surface area contributed by atoms with Crippen LogP contribution in [0.15, 0.2) is 70.6 Å². The van der Waals surface area contributed by atoms with Gasteiger partial charge in [-0.05, 0) is 24.3 Å². The summed E-state index contributed by atoms with van der Waals surface area (Å²) >= 11 is 1.14. The fourth-order valence-electron chi connectivity index (χ4n) is 2.76. The number of carbonyl (C=O) groups excluding carboxylic acids is 1. The van der Waals surface area contributed by atoms with E-state index in [1.165, 1.54) is 16.6 Å². The molecule has 9 heteroatoms. The predicted octanol–water partition coefficient (Wildman–Crippen LogP) is 2.98. The van der Waals surface area contributed by atoms with Crippen molar-refractivity contribution in [3.8, 4) is 11.4 Å². The second-order valence-corrected chi connectivity index (χ2v) is 7.14. The summed E-state index contributed by atoms with van der Waals surface area (Å²) in [6.07, 6.45) is 0. The van der Waals surface area contributed by atoms with Gasteiger partial charge in [-0.3, -0.25) is 14.7 Å². The Morgan fingerprint density at radius 3 is 2.62 bits per heavy atom. The van der Waals surface area contributed by atoms with Crippen molar-refractivity contribution in [3.05, 3.63) is 76.8 Å². The highest BCUT2D eigenvalue weighted by molar-refractivity contribution is 7.99. The number of amides is 1. The molecule has 2 heterocycles. The van der Waals surface area contributed by atoms with Gasteiger partial charge in [0, 0.05) is 18.8 Å². The number of halogens is 1. The molecular weight excluding hydrogens is 393 g/mol. The molecule has 146 valence electrons. The molecule has 1 amide bonds. The molecule has 7 nitrogen and oxygen atoms in total. The molecular formula is C20H16FN5O2S. The Kier molecular flexibility index (Phi) is 5.13. The van der Waals surface area contributed by atoms with Crippen molar-refractivity contribution in [1.82, 2.24) is 19.6 Å². The number of hydrogen-bond acceptors (Lipinski definition) is 5. The molecule has 29 heavy (non-hydrogen) atoms. The topological polar surface area (TPSA) is 83.4 Å². The standard InChI is InChI=1S/C20H16FN5O2S/c1-25(13-7-3-2-4-8-13)18(28)12-29-20-23-19(14-9-5-6-10-15(14)21)22-16-11-17(27)24-26(16)20/h2-11H,12H2,1H3,(H,24,27). The van der Waals surface area contributed by atoms with Crippen molar-refractivity contribution in [2.75, 3.05) is 17.7 Å². The summed E-state index contributed by atoms with van der Waals surface area (Å²) in [7, 11) is 1.69. The van der Waals surface area contributed by atoms with Crippen LogP contribution in [0.1, 0.15) is 0 Å². The maximum atomic E-state index is 14.2. The molecule has 0 radical (unpaired) electrons. The molecule has 0 saturated carbocycles. The summed E-state index contributed by atoms with van der Waals surface area (Å²) in [5.74, 6) is -0.386. The fraction of sp³-hybridized carbons (Fsp3) is 0.100. The zero-order valence-electron chi connectivity index (χ0n) is 15.4. The van der Waals surface area contributed by atoms with Gasteiger partial charge in [0.15, 0.2) is 16.6 Å². The number of nitrogens with one attached hydrogen (secondary N) is 1. The number of carbonyl (C=O) groups is 1. The monoisotopic (exact) mass is 409 g/mol. The van der Waals surface area contributed by atoms with Crippen molar-refractivity contribution < 1.29 is 9.18 Å². The highest BCUT2D eigenvalue weighted by Gasteiger charge is 2.17. The average molecular weight is 409 g/mol.